The summed E-state index contributed by atoms with van der Waals surface area (Å²) in [5.74, 6) is -0.833. The first kappa shape index (κ1) is 30.0. The molecule has 0 rings (SSSR count). The second kappa shape index (κ2) is 24.7. The summed E-state index contributed by atoms with van der Waals surface area (Å²) >= 11 is 0. The number of carboxylic acid groups (broad SMARTS) is 9. The molecule has 0 aromatic rings. The molecule has 0 unspecified atom stereocenters. The minimum absolute atomic E-state index is 0.833. The molecule has 0 fully saturated rings. The van der Waals surface area contributed by atoms with Gasteiger partial charge in [0.05, 0.1) is 0 Å². The van der Waals surface area contributed by atoms with Crippen molar-refractivity contribution in [3.63, 3.8) is 0 Å². The van der Waals surface area contributed by atoms with Gasteiger partial charge in [-0.15, -0.1) is 0 Å². The molecule has 0 aliphatic rings. The maximum Gasteiger partial charge on any atom is 0.503 e. The fraction of sp³-hybridized carbons (Fsp3) is 0.167. The van der Waals surface area contributed by atoms with Gasteiger partial charge in [0.25, 0.3) is 5.97 Å². The highest BCUT2D eigenvalue weighted by Crippen LogP contribution is 1.44. The average Bonchev–Trinajstić information content (AvgIpc) is 1.94. The molecular formula is C6H12O14. The average molecular weight is 308 g/mol. The van der Waals surface area contributed by atoms with Gasteiger partial charge in [0, 0.05) is 6.92 Å². The second-order valence-electron chi connectivity index (χ2n) is 1.65. The van der Waals surface area contributed by atoms with E-state index in [4.69, 9.17) is 69.9 Å². The van der Waals surface area contributed by atoms with Crippen LogP contribution in [0.3, 0.4) is 0 Å². The lowest BCUT2D eigenvalue weighted by molar-refractivity contribution is -0.134. The van der Waals surface area contributed by atoms with Crippen molar-refractivity contribution in [3.05, 3.63) is 0 Å². The van der Waals surface area contributed by atoms with E-state index in [9.17, 15) is 0 Å². The number of hydrogen-bond donors (Lipinski definition) is 9. The molecule has 0 aromatic heterocycles. The summed E-state index contributed by atoms with van der Waals surface area (Å²) in [6.07, 6.45) is -7.33. The highest BCUT2D eigenvalue weighted by molar-refractivity contribution is 5.63. The van der Waals surface area contributed by atoms with Gasteiger partial charge in [-0.2, -0.15) is 0 Å². The molecule has 9 N–H and O–H groups in total. The van der Waals surface area contributed by atoms with Crippen molar-refractivity contribution in [1.82, 2.24) is 0 Å². The molecule has 14 heteroatoms. The van der Waals surface area contributed by atoms with Crippen molar-refractivity contribution in [2.75, 3.05) is 0 Å². The molecule has 0 amide bonds. The van der Waals surface area contributed by atoms with E-state index in [1.54, 1.807) is 0 Å². The lowest BCUT2D eigenvalue weighted by Crippen LogP contribution is -1.81. The van der Waals surface area contributed by atoms with Crippen LogP contribution in [0.15, 0.2) is 0 Å². The Labute approximate surface area is 109 Å². The molecule has 120 valence electrons. The zero-order chi connectivity index (χ0) is 17.9. The van der Waals surface area contributed by atoms with Crippen LogP contribution in [0.2, 0.25) is 0 Å². The predicted molar refractivity (Wildman–Crippen MR) is 55.9 cm³/mol. The summed E-state index contributed by atoms with van der Waals surface area (Å²) in [7, 11) is 0. The van der Waals surface area contributed by atoms with Crippen LogP contribution in [0, 0.1) is 0 Å². The number of carbonyl (C=O) groups is 5. The smallest absolute Gasteiger partial charge is 0.481 e. The van der Waals surface area contributed by atoms with Crippen LogP contribution >= 0.6 is 0 Å². The maximum absolute atomic E-state index is 9.00. The number of carboxylic acids is 1. The van der Waals surface area contributed by atoms with E-state index in [1.165, 1.54) is 0 Å². The van der Waals surface area contributed by atoms with Gasteiger partial charge in [0.15, 0.2) is 0 Å². The largest absolute Gasteiger partial charge is 0.503 e. The molecule has 0 aromatic carbocycles. The monoisotopic (exact) mass is 308 g/mol. The minimum atomic E-state index is -1.83. The van der Waals surface area contributed by atoms with E-state index < -0.39 is 30.6 Å². The molecule has 14 nitrogen and oxygen atoms in total. The SMILES string of the molecule is CC(=O)O.O=C(O)O.O=C(O)O.O=C(O)O.O=C(O)O. The van der Waals surface area contributed by atoms with Crippen LogP contribution < -0.4 is 0 Å². The van der Waals surface area contributed by atoms with Crippen LogP contribution in [-0.2, 0) is 4.79 Å². The van der Waals surface area contributed by atoms with Crippen LogP contribution in [0.5, 0.6) is 0 Å². The van der Waals surface area contributed by atoms with Crippen LogP contribution in [0.1, 0.15) is 6.92 Å². The van der Waals surface area contributed by atoms with Crippen molar-refractivity contribution in [2.24, 2.45) is 0 Å². The van der Waals surface area contributed by atoms with Gasteiger partial charge >= 0.3 is 24.6 Å². The van der Waals surface area contributed by atoms with Crippen LogP contribution in [0.25, 0.3) is 0 Å². The summed E-state index contributed by atoms with van der Waals surface area (Å²) < 4.78 is 0. The van der Waals surface area contributed by atoms with E-state index in [2.05, 4.69) is 0 Å². The Morgan fingerprint density at radius 3 is 0.450 bits per heavy atom. The van der Waals surface area contributed by atoms with Gasteiger partial charge < -0.3 is 46.0 Å². The lowest BCUT2D eigenvalue weighted by Gasteiger charge is -1.60. The topological polar surface area (TPSA) is 267 Å². The Bertz CT molecular complexity index is 202. The molecule has 0 aliphatic heterocycles. The molecule has 0 radical (unpaired) electrons. The third-order valence-electron chi connectivity index (χ3n) is 0. The summed E-state index contributed by atoms with van der Waals surface area (Å²) in [5, 5.41) is 63.2. The maximum atomic E-state index is 9.00. The number of rotatable bonds is 0. The van der Waals surface area contributed by atoms with Crippen molar-refractivity contribution in [3.8, 4) is 0 Å². The minimum Gasteiger partial charge on any atom is -0.481 e. The molecule has 0 bridgehead atoms. The van der Waals surface area contributed by atoms with Gasteiger partial charge in [0.2, 0.25) is 0 Å². The Morgan fingerprint density at radius 1 is 0.450 bits per heavy atom. The van der Waals surface area contributed by atoms with E-state index in [-0.39, 0.29) is 0 Å². The van der Waals surface area contributed by atoms with E-state index in [0.717, 1.165) is 6.92 Å². The molecule has 0 saturated heterocycles. The summed E-state index contributed by atoms with van der Waals surface area (Å²) in [5.41, 5.74) is 0. The predicted octanol–water partition coefficient (Wildman–Crippen LogP) is 0.981. The fourth-order valence-electron chi connectivity index (χ4n) is 0. The van der Waals surface area contributed by atoms with Crippen molar-refractivity contribution >= 4 is 30.6 Å². The zero-order valence-corrected chi connectivity index (χ0v) is 9.57. The Hall–Kier alpha value is -3.45. The van der Waals surface area contributed by atoms with Crippen molar-refractivity contribution in [2.45, 2.75) is 6.92 Å². The van der Waals surface area contributed by atoms with Crippen molar-refractivity contribution < 1.29 is 69.9 Å². The van der Waals surface area contributed by atoms with Gasteiger partial charge in [-0.25, -0.2) is 19.2 Å². The van der Waals surface area contributed by atoms with Gasteiger partial charge in [-0.05, 0) is 0 Å². The molecule has 0 aliphatic carbocycles. The second-order valence-corrected chi connectivity index (χ2v) is 1.65. The number of aliphatic carboxylic acids is 1. The normalized spacial score (nSPS) is 6.05. The lowest BCUT2D eigenvalue weighted by atomic mass is 10.9. The first-order valence-corrected chi connectivity index (χ1v) is 3.53. The molecule has 20 heavy (non-hydrogen) atoms. The Kier molecular flexibility index (Phi) is 37.0. The quantitative estimate of drug-likeness (QED) is 0.301. The van der Waals surface area contributed by atoms with Gasteiger partial charge in [0.1, 0.15) is 0 Å². The first-order chi connectivity index (χ1) is 8.66. The van der Waals surface area contributed by atoms with E-state index in [1.807, 2.05) is 0 Å². The molecule has 0 atom stereocenters. The zero-order valence-electron chi connectivity index (χ0n) is 9.57. The van der Waals surface area contributed by atoms with E-state index in [0.29, 0.717) is 0 Å². The first-order valence-electron chi connectivity index (χ1n) is 3.53. The highest BCUT2D eigenvalue weighted by atomic mass is 16.6. The molecular weight excluding hydrogens is 296 g/mol. The van der Waals surface area contributed by atoms with Gasteiger partial charge in [-0.3, -0.25) is 4.79 Å². The van der Waals surface area contributed by atoms with Crippen molar-refractivity contribution in [1.29, 1.82) is 0 Å². The Balaban J connectivity index is -0.0000000469. The fourth-order valence-corrected chi connectivity index (χ4v) is 0. The van der Waals surface area contributed by atoms with Crippen LogP contribution in [-0.4, -0.2) is 76.5 Å². The molecule has 0 saturated carbocycles. The summed E-state index contributed by atoms with van der Waals surface area (Å²) in [4.78, 5) is 43.2. The van der Waals surface area contributed by atoms with Crippen LogP contribution in [0.4, 0.5) is 19.2 Å². The highest BCUT2D eigenvalue weighted by Gasteiger charge is 1.71. The number of hydrogen-bond acceptors (Lipinski definition) is 5. The molecule has 0 spiro atoms. The summed E-state index contributed by atoms with van der Waals surface area (Å²) in [6.45, 7) is 1.08. The molecule has 0 heterocycles. The third-order valence-corrected chi connectivity index (χ3v) is 0. The summed E-state index contributed by atoms with van der Waals surface area (Å²) in [6, 6.07) is 0. The van der Waals surface area contributed by atoms with Gasteiger partial charge in [-0.1, -0.05) is 0 Å². The Morgan fingerprint density at radius 2 is 0.450 bits per heavy atom. The van der Waals surface area contributed by atoms with E-state index >= 15 is 0 Å². The standard InChI is InChI=1S/C2H4O2.4CH2O3/c1-2(3)4;4*2-1(3)4/h1H3,(H,3,4);4*(H2,2,3,4). The third kappa shape index (κ3) is 224.